The highest BCUT2D eigenvalue weighted by Gasteiger charge is 2.06. The van der Waals surface area contributed by atoms with E-state index in [0.29, 0.717) is 19.0 Å². The number of aromatic nitrogens is 2. The van der Waals surface area contributed by atoms with Crippen molar-refractivity contribution in [3.05, 3.63) is 33.4 Å². The molecule has 2 aromatic heterocycles. The summed E-state index contributed by atoms with van der Waals surface area (Å²) in [6.07, 6.45) is 0. The van der Waals surface area contributed by atoms with Gasteiger partial charge in [-0.25, -0.2) is 15.0 Å². The van der Waals surface area contributed by atoms with Crippen LogP contribution in [0.4, 0.5) is 0 Å². The lowest BCUT2D eigenvalue weighted by atomic mass is 10.4. The molecule has 8 heteroatoms. The molecular formula is C14H22IN5OS. The van der Waals surface area contributed by atoms with E-state index in [2.05, 4.69) is 25.6 Å². The van der Waals surface area contributed by atoms with Crippen LogP contribution in [0.2, 0.25) is 0 Å². The van der Waals surface area contributed by atoms with Gasteiger partial charge >= 0.3 is 0 Å². The molecule has 22 heavy (non-hydrogen) atoms. The number of guanidine groups is 1. The second-order valence-electron chi connectivity index (χ2n) is 4.66. The van der Waals surface area contributed by atoms with Crippen LogP contribution in [-0.2, 0) is 13.1 Å². The molecule has 0 bridgehead atoms. The maximum absolute atomic E-state index is 5.53. The van der Waals surface area contributed by atoms with E-state index in [0.717, 1.165) is 29.7 Å². The number of rotatable bonds is 5. The first-order valence-electron chi connectivity index (χ1n) is 6.94. The van der Waals surface area contributed by atoms with E-state index in [4.69, 9.17) is 4.42 Å². The molecule has 0 aliphatic heterocycles. The zero-order chi connectivity index (χ0) is 15.2. The van der Waals surface area contributed by atoms with Crippen LogP contribution in [-0.4, -0.2) is 22.5 Å². The average Bonchev–Trinajstić information content (AvgIpc) is 3.00. The van der Waals surface area contributed by atoms with Gasteiger partial charge in [0.1, 0.15) is 12.3 Å². The third-order valence-electron chi connectivity index (χ3n) is 3.05. The second kappa shape index (κ2) is 9.09. The first-order chi connectivity index (χ1) is 10.1. The van der Waals surface area contributed by atoms with Gasteiger partial charge in [-0.3, -0.25) is 0 Å². The van der Waals surface area contributed by atoms with Crippen LogP contribution in [0.3, 0.4) is 0 Å². The minimum absolute atomic E-state index is 0. The normalized spacial score (nSPS) is 11.2. The number of oxazole rings is 1. The van der Waals surface area contributed by atoms with Gasteiger partial charge in [-0.2, -0.15) is 0 Å². The van der Waals surface area contributed by atoms with Crippen LogP contribution in [0.25, 0.3) is 0 Å². The van der Waals surface area contributed by atoms with E-state index >= 15 is 0 Å². The van der Waals surface area contributed by atoms with Crippen molar-refractivity contribution in [3.8, 4) is 0 Å². The number of nitrogens with zero attached hydrogens (tertiary/aromatic N) is 3. The standard InChI is InChI=1S/C14H21N5OS.HI/c1-5-15-14(16-6-12-10(3)18-8-21-12)17-7-13-19-9(2)11(4)20-13;/h8H,5-7H2,1-4H3,(H2,15,16,17);1H. The monoisotopic (exact) mass is 435 g/mol. The smallest absolute Gasteiger partial charge is 0.216 e. The fourth-order valence-corrected chi connectivity index (χ4v) is 2.47. The van der Waals surface area contributed by atoms with Crippen molar-refractivity contribution >= 4 is 41.3 Å². The molecule has 0 radical (unpaired) electrons. The van der Waals surface area contributed by atoms with E-state index in [9.17, 15) is 0 Å². The highest BCUT2D eigenvalue weighted by Crippen LogP contribution is 2.11. The lowest BCUT2D eigenvalue weighted by Crippen LogP contribution is -2.36. The Morgan fingerprint density at radius 3 is 2.59 bits per heavy atom. The van der Waals surface area contributed by atoms with Gasteiger partial charge in [0.15, 0.2) is 5.96 Å². The Morgan fingerprint density at radius 2 is 2.05 bits per heavy atom. The number of hydrogen-bond acceptors (Lipinski definition) is 5. The van der Waals surface area contributed by atoms with Gasteiger partial charge in [-0.1, -0.05) is 0 Å². The largest absolute Gasteiger partial charge is 0.444 e. The Bertz CT molecular complexity index is 603. The van der Waals surface area contributed by atoms with Crippen molar-refractivity contribution < 1.29 is 4.42 Å². The molecule has 0 aliphatic rings. The Labute approximate surface area is 151 Å². The number of thiazole rings is 1. The van der Waals surface area contributed by atoms with Crippen molar-refractivity contribution in [2.24, 2.45) is 4.99 Å². The second-order valence-corrected chi connectivity index (χ2v) is 5.60. The molecule has 0 saturated heterocycles. The molecule has 0 unspecified atom stereocenters. The molecule has 0 amide bonds. The van der Waals surface area contributed by atoms with Crippen LogP contribution >= 0.6 is 35.3 Å². The van der Waals surface area contributed by atoms with Gasteiger partial charge in [0.2, 0.25) is 5.89 Å². The Kier molecular flexibility index (Phi) is 7.80. The quantitative estimate of drug-likeness (QED) is 0.429. The predicted molar refractivity (Wildman–Crippen MR) is 99.9 cm³/mol. The summed E-state index contributed by atoms with van der Waals surface area (Å²) < 4.78 is 5.53. The van der Waals surface area contributed by atoms with E-state index in [1.54, 1.807) is 11.3 Å². The maximum atomic E-state index is 5.53. The van der Waals surface area contributed by atoms with Crippen molar-refractivity contribution in [1.82, 2.24) is 20.6 Å². The minimum atomic E-state index is 0. The molecule has 6 nitrogen and oxygen atoms in total. The molecule has 2 N–H and O–H groups in total. The maximum Gasteiger partial charge on any atom is 0.216 e. The number of nitrogens with one attached hydrogen (secondary N) is 2. The fourth-order valence-electron chi connectivity index (χ4n) is 1.76. The molecule has 0 aliphatic carbocycles. The summed E-state index contributed by atoms with van der Waals surface area (Å²) in [6, 6.07) is 0. The van der Waals surface area contributed by atoms with Gasteiger partial charge in [0.25, 0.3) is 0 Å². The first kappa shape index (κ1) is 18.9. The third-order valence-corrected chi connectivity index (χ3v) is 3.99. The molecule has 2 rings (SSSR count). The summed E-state index contributed by atoms with van der Waals surface area (Å²) in [5, 5.41) is 6.51. The SMILES string of the molecule is CCNC(=NCc1nc(C)c(C)o1)NCc1scnc1C.I. The Morgan fingerprint density at radius 1 is 1.27 bits per heavy atom. The topological polar surface area (TPSA) is 75.3 Å². The van der Waals surface area contributed by atoms with Gasteiger partial charge in [-0.15, -0.1) is 35.3 Å². The zero-order valence-electron chi connectivity index (χ0n) is 13.3. The van der Waals surface area contributed by atoms with Gasteiger partial charge < -0.3 is 15.1 Å². The van der Waals surface area contributed by atoms with Crippen LogP contribution in [0.1, 0.15) is 34.8 Å². The summed E-state index contributed by atoms with van der Waals surface area (Å²) >= 11 is 1.64. The minimum Gasteiger partial charge on any atom is -0.444 e. The fraction of sp³-hybridized carbons (Fsp3) is 0.500. The molecule has 122 valence electrons. The van der Waals surface area contributed by atoms with Crippen LogP contribution in [0.5, 0.6) is 0 Å². The van der Waals surface area contributed by atoms with Crippen molar-refractivity contribution in [2.75, 3.05) is 6.54 Å². The van der Waals surface area contributed by atoms with Gasteiger partial charge in [0.05, 0.1) is 23.4 Å². The summed E-state index contributed by atoms with van der Waals surface area (Å²) in [4.78, 5) is 14.3. The molecular weight excluding hydrogens is 413 g/mol. The number of hydrogen-bond donors (Lipinski definition) is 2. The number of halogens is 1. The van der Waals surface area contributed by atoms with E-state index in [1.807, 2.05) is 33.2 Å². The lowest BCUT2D eigenvalue weighted by Gasteiger charge is -2.10. The van der Waals surface area contributed by atoms with Crippen molar-refractivity contribution in [1.29, 1.82) is 0 Å². The lowest BCUT2D eigenvalue weighted by molar-refractivity contribution is 0.473. The average molecular weight is 435 g/mol. The Hall–Kier alpha value is -1.16. The van der Waals surface area contributed by atoms with Crippen LogP contribution in [0, 0.1) is 20.8 Å². The zero-order valence-corrected chi connectivity index (χ0v) is 16.4. The van der Waals surface area contributed by atoms with Crippen LogP contribution < -0.4 is 10.6 Å². The summed E-state index contributed by atoms with van der Waals surface area (Å²) in [7, 11) is 0. The summed E-state index contributed by atoms with van der Waals surface area (Å²) in [6.45, 7) is 9.83. The van der Waals surface area contributed by atoms with Crippen molar-refractivity contribution in [3.63, 3.8) is 0 Å². The van der Waals surface area contributed by atoms with E-state index in [-0.39, 0.29) is 24.0 Å². The Balaban J connectivity index is 0.00000242. The summed E-state index contributed by atoms with van der Waals surface area (Å²) in [5.41, 5.74) is 3.83. The highest BCUT2D eigenvalue weighted by atomic mass is 127. The molecule has 2 aromatic rings. The molecule has 0 spiro atoms. The van der Waals surface area contributed by atoms with E-state index in [1.165, 1.54) is 4.88 Å². The molecule has 0 atom stereocenters. The van der Waals surface area contributed by atoms with Crippen LogP contribution in [0.15, 0.2) is 14.9 Å². The molecule has 0 aromatic carbocycles. The number of aryl methyl sites for hydroxylation is 3. The van der Waals surface area contributed by atoms with Gasteiger partial charge in [0, 0.05) is 11.4 Å². The predicted octanol–water partition coefficient (Wildman–Crippen LogP) is 2.93. The molecule has 0 saturated carbocycles. The molecule has 2 heterocycles. The first-order valence-corrected chi connectivity index (χ1v) is 7.82. The van der Waals surface area contributed by atoms with Crippen molar-refractivity contribution in [2.45, 2.75) is 40.8 Å². The molecule has 0 fully saturated rings. The highest BCUT2D eigenvalue weighted by molar-refractivity contribution is 14.0. The number of aliphatic imine (C=N–C) groups is 1. The van der Waals surface area contributed by atoms with E-state index < -0.39 is 0 Å². The van der Waals surface area contributed by atoms with Gasteiger partial charge in [-0.05, 0) is 27.7 Å². The summed E-state index contributed by atoms with van der Waals surface area (Å²) in [5.74, 6) is 2.23. The third kappa shape index (κ3) is 5.24.